The first-order chi connectivity index (χ1) is 13.2. The number of hydrogen-bond acceptors (Lipinski definition) is 3. The van der Waals surface area contributed by atoms with Gasteiger partial charge >= 0.3 is 11.9 Å². The van der Waals surface area contributed by atoms with Gasteiger partial charge in [-0.15, -0.1) is 0 Å². The van der Waals surface area contributed by atoms with E-state index in [0.29, 0.717) is 21.7 Å². The molecule has 136 valence electrons. The molecule has 1 aliphatic heterocycles. The van der Waals surface area contributed by atoms with Crippen LogP contribution in [0.4, 0.5) is 0 Å². The molecule has 27 heavy (non-hydrogen) atoms. The SMILES string of the molecule is O=C1OC(=O)[C@H]2[C@@H]1[C@H]1C=C[C@@H]2[C@]23[C@@H]4C[C@H]5C6C4[C@@H]4C[C@H]6[C@@]6(CC=CC[C@@]562)[C@@]143. The summed E-state index contributed by atoms with van der Waals surface area (Å²) in [6.07, 6.45) is 15.3. The van der Waals surface area contributed by atoms with Crippen LogP contribution in [0.3, 0.4) is 0 Å². The smallest absolute Gasteiger partial charge is 0.318 e. The van der Waals surface area contributed by atoms with Gasteiger partial charge in [-0.05, 0) is 94.7 Å². The summed E-state index contributed by atoms with van der Waals surface area (Å²) in [6.45, 7) is 0. The molecule has 6 bridgehead atoms. The van der Waals surface area contributed by atoms with Crippen LogP contribution in [-0.4, -0.2) is 11.9 Å². The van der Waals surface area contributed by atoms with E-state index in [1.165, 1.54) is 25.7 Å². The van der Waals surface area contributed by atoms with Crippen molar-refractivity contribution in [3.8, 4) is 0 Å². The molecule has 0 aromatic carbocycles. The Morgan fingerprint density at radius 2 is 1.22 bits per heavy atom. The molecule has 9 fully saturated rings. The number of hydrogen-bond donors (Lipinski definition) is 0. The molecule has 1 saturated heterocycles. The van der Waals surface area contributed by atoms with E-state index in [1.807, 2.05) is 0 Å². The summed E-state index contributed by atoms with van der Waals surface area (Å²) in [6, 6.07) is 0. The Balaban J connectivity index is 1.41. The Morgan fingerprint density at radius 1 is 0.741 bits per heavy atom. The van der Waals surface area contributed by atoms with Crippen molar-refractivity contribution in [2.45, 2.75) is 25.7 Å². The number of allylic oxidation sites excluding steroid dienone is 4. The predicted molar refractivity (Wildman–Crippen MR) is 92.5 cm³/mol. The molecular weight excluding hydrogens is 336 g/mol. The zero-order valence-corrected chi connectivity index (χ0v) is 15.1. The topological polar surface area (TPSA) is 43.4 Å². The lowest BCUT2D eigenvalue weighted by molar-refractivity contribution is -0.384. The number of ether oxygens (including phenoxy) is 1. The molecule has 0 aromatic heterocycles. The number of carbonyl (C=O) groups excluding carboxylic acids is 2. The summed E-state index contributed by atoms with van der Waals surface area (Å²) in [5, 5.41) is 0. The van der Waals surface area contributed by atoms with Crippen molar-refractivity contribution in [3.63, 3.8) is 0 Å². The van der Waals surface area contributed by atoms with Gasteiger partial charge < -0.3 is 4.74 Å². The lowest BCUT2D eigenvalue weighted by Crippen LogP contribution is -2.84. The van der Waals surface area contributed by atoms with E-state index in [-0.39, 0.29) is 35.6 Å². The van der Waals surface area contributed by atoms with Crippen molar-refractivity contribution in [2.75, 3.05) is 0 Å². The fourth-order valence-electron chi connectivity index (χ4n) is 14.6. The molecule has 0 aromatic rings. The largest absolute Gasteiger partial charge is 0.393 e. The molecule has 3 nitrogen and oxygen atoms in total. The van der Waals surface area contributed by atoms with Gasteiger partial charge in [0.15, 0.2) is 0 Å². The third-order valence-electron chi connectivity index (χ3n) is 13.2. The lowest BCUT2D eigenvalue weighted by atomic mass is 9.16. The van der Waals surface area contributed by atoms with Crippen molar-refractivity contribution < 1.29 is 14.3 Å². The molecule has 0 radical (unpaired) electrons. The second-order valence-electron chi connectivity index (χ2n) is 11.8. The van der Waals surface area contributed by atoms with E-state index in [2.05, 4.69) is 24.3 Å². The minimum absolute atomic E-state index is 0.159. The minimum atomic E-state index is -0.185. The average molecular weight is 358 g/mol. The zero-order valence-electron chi connectivity index (χ0n) is 15.1. The fraction of sp³-hybridized carbons (Fsp3) is 0.750. The number of rotatable bonds is 0. The van der Waals surface area contributed by atoms with Crippen molar-refractivity contribution >= 4 is 11.9 Å². The Morgan fingerprint density at radius 3 is 1.74 bits per heavy atom. The average Bonchev–Trinajstić information content (AvgIpc) is 3.38. The van der Waals surface area contributed by atoms with Gasteiger partial charge in [-0.2, -0.15) is 0 Å². The van der Waals surface area contributed by atoms with Crippen LogP contribution < -0.4 is 0 Å². The fourth-order valence-corrected chi connectivity index (χ4v) is 14.6. The highest BCUT2D eigenvalue weighted by atomic mass is 16.6. The first-order valence-corrected chi connectivity index (χ1v) is 11.3. The first-order valence-electron chi connectivity index (χ1n) is 11.3. The summed E-state index contributed by atoms with van der Waals surface area (Å²) in [5.74, 6) is 5.31. The minimum Gasteiger partial charge on any atom is -0.393 e. The van der Waals surface area contributed by atoms with Crippen LogP contribution in [0.5, 0.6) is 0 Å². The van der Waals surface area contributed by atoms with Gasteiger partial charge in [-0.25, -0.2) is 0 Å². The zero-order chi connectivity index (χ0) is 17.3. The molecule has 14 atom stereocenters. The van der Waals surface area contributed by atoms with E-state index < -0.39 is 0 Å². The molecule has 2 unspecified atom stereocenters. The van der Waals surface area contributed by atoms with Crippen LogP contribution in [0.15, 0.2) is 24.3 Å². The maximum Gasteiger partial charge on any atom is 0.318 e. The molecule has 3 heteroatoms. The van der Waals surface area contributed by atoms with Crippen LogP contribution >= 0.6 is 0 Å². The predicted octanol–water partition coefficient (Wildman–Crippen LogP) is 2.97. The van der Waals surface area contributed by atoms with Crippen molar-refractivity contribution in [1.29, 1.82) is 0 Å². The molecule has 4 spiro atoms. The normalized spacial score (nSPS) is 77.8. The molecular formula is C24H22O3. The molecule has 12 aliphatic rings. The van der Waals surface area contributed by atoms with Crippen molar-refractivity contribution in [3.05, 3.63) is 24.3 Å². The Labute approximate surface area is 157 Å². The van der Waals surface area contributed by atoms with Crippen LogP contribution in [0, 0.1) is 80.8 Å². The van der Waals surface area contributed by atoms with Crippen molar-refractivity contribution in [1.82, 2.24) is 0 Å². The van der Waals surface area contributed by atoms with E-state index in [0.717, 1.165) is 35.5 Å². The highest BCUT2D eigenvalue weighted by molar-refractivity contribution is 5.98. The van der Waals surface area contributed by atoms with E-state index >= 15 is 0 Å². The van der Waals surface area contributed by atoms with E-state index in [1.54, 1.807) is 0 Å². The third kappa shape index (κ3) is 0.675. The van der Waals surface area contributed by atoms with Crippen LogP contribution in [0.25, 0.3) is 0 Å². The molecule has 12 rings (SSSR count). The maximum atomic E-state index is 12.8. The second kappa shape index (κ2) is 3.00. The van der Waals surface area contributed by atoms with E-state index in [9.17, 15) is 9.59 Å². The Kier molecular flexibility index (Phi) is 1.44. The molecule has 0 N–H and O–H groups in total. The van der Waals surface area contributed by atoms with Gasteiger partial charge in [0.2, 0.25) is 0 Å². The highest BCUT2D eigenvalue weighted by Gasteiger charge is 3.10. The number of cyclic esters (lactones) is 2. The van der Waals surface area contributed by atoms with Gasteiger partial charge in [-0.1, -0.05) is 24.3 Å². The summed E-state index contributed by atoms with van der Waals surface area (Å²) in [7, 11) is 0. The van der Waals surface area contributed by atoms with Crippen LogP contribution in [-0.2, 0) is 14.3 Å². The molecule has 11 aliphatic carbocycles. The summed E-state index contributed by atoms with van der Waals surface area (Å²) in [4.78, 5) is 25.7. The quantitative estimate of drug-likeness (QED) is 0.380. The van der Waals surface area contributed by atoms with E-state index in [4.69, 9.17) is 4.74 Å². The first kappa shape index (κ1) is 13.0. The molecule has 0 amide bonds. The van der Waals surface area contributed by atoms with Gasteiger partial charge in [0, 0.05) is 0 Å². The second-order valence-corrected chi connectivity index (χ2v) is 11.8. The van der Waals surface area contributed by atoms with Gasteiger partial charge in [0.1, 0.15) is 0 Å². The van der Waals surface area contributed by atoms with Gasteiger partial charge in [0.05, 0.1) is 11.8 Å². The maximum absolute atomic E-state index is 12.8. The number of carbonyl (C=O) groups is 2. The number of esters is 2. The molecule has 8 saturated carbocycles. The third-order valence-corrected chi connectivity index (χ3v) is 13.2. The van der Waals surface area contributed by atoms with Crippen molar-refractivity contribution in [2.24, 2.45) is 80.8 Å². The van der Waals surface area contributed by atoms with Crippen LogP contribution in [0.2, 0.25) is 0 Å². The molecule has 1 heterocycles. The Hall–Kier alpha value is -1.38. The summed E-state index contributed by atoms with van der Waals surface area (Å²) < 4.78 is 5.31. The van der Waals surface area contributed by atoms with Gasteiger partial charge in [0.25, 0.3) is 0 Å². The lowest BCUT2D eigenvalue weighted by Gasteiger charge is -2.86. The van der Waals surface area contributed by atoms with Gasteiger partial charge in [-0.3, -0.25) is 9.59 Å². The summed E-state index contributed by atoms with van der Waals surface area (Å²) >= 11 is 0. The summed E-state index contributed by atoms with van der Waals surface area (Å²) in [5.41, 5.74) is 1.58. The van der Waals surface area contributed by atoms with Crippen LogP contribution in [0.1, 0.15) is 25.7 Å². The Bertz CT molecular complexity index is 949. The standard InChI is InChI=1S/C24H22O3/c25-19-17-9-3-4-10(18(17)20(26)27-19)24-14-8-12-15-11-7-13(16(14)15)23(9,24)21(11)5-1-2-6-22(12,21)24/h1-4,9-18H,5-8H2/t9-,10+,11-,12+,13+,14-,15?,16?,17+,18-,21-,22-,23-,24+/m1/s1. The monoisotopic (exact) mass is 358 g/mol. The highest BCUT2D eigenvalue weighted by Crippen LogP contribution is 3.13.